The molecule has 1 amide bonds. The molecule has 2 atom stereocenters. The molecule has 0 fully saturated rings. The van der Waals surface area contributed by atoms with E-state index in [2.05, 4.69) is 10.3 Å². The Balaban J connectivity index is 2.45. The van der Waals surface area contributed by atoms with Crippen LogP contribution in [0.4, 0.5) is 0 Å². The molecule has 6 heteroatoms. The monoisotopic (exact) mass is 295 g/mol. The van der Waals surface area contributed by atoms with Crippen molar-refractivity contribution in [3.63, 3.8) is 0 Å². The number of nitrogens with two attached hydrogens (primary N) is 1. The number of methoxy groups -OCH3 is 1. The van der Waals surface area contributed by atoms with Gasteiger partial charge in [-0.2, -0.15) is 0 Å². The molecule has 2 unspecified atom stereocenters. The Morgan fingerprint density at radius 2 is 2.24 bits per heavy atom. The third-order valence-corrected chi connectivity index (χ3v) is 3.08. The quantitative estimate of drug-likeness (QED) is 0.661. The van der Waals surface area contributed by atoms with Crippen molar-refractivity contribution < 1.29 is 14.3 Å². The van der Waals surface area contributed by atoms with Crippen molar-refractivity contribution in [3.05, 3.63) is 24.0 Å². The SMILES string of the molecule is CCC(N)Cc1ccc(OC(C)C(=O)NCCOC)cn1. The molecule has 0 aliphatic heterocycles. The summed E-state index contributed by atoms with van der Waals surface area (Å²) < 4.78 is 10.4. The van der Waals surface area contributed by atoms with Crippen LogP contribution in [0.5, 0.6) is 5.75 Å². The Morgan fingerprint density at radius 1 is 1.48 bits per heavy atom. The average Bonchev–Trinajstić information content (AvgIpc) is 2.49. The Labute approximate surface area is 126 Å². The minimum absolute atomic E-state index is 0.120. The van der Waals surface area contributed by atoms with Crippen molar-refractivity contribution in [1.29, 1.82) is 0 Å². The summed E-state index contributed by atoms with van der Waals surface area (Å²) in [4.78, 5) is 16.0. The van der Waals surface area contributed by atoms with Crippen LogP contribution < -0.4 is 15.8 Å². The van der Waals surface area contributed by atoms with Gasteiger partial charge in [-0.25, -0.2) is 0 Å². The summed E-state index contributed by atoms with van der Waals surface area (Å²) in [5.41, 5.74) is 6.81. The van der Waals surface area contributed by atoms with E-state index < -0.39 is 6.10 Å². The fraction of sp³-hybridized carbons (Fsp3) is 0.600. The summed E-state index contributed by atoms with van der Waals surface area (Å²) >= 11 is 0. The smallest absolute Gasteiger partial charge is 0.260 e. The van der Waals surface area contributed by atoms with Crippen LogP contribution in [0.1, 0.15) is 26.0 Å². The third kappa shape index (κ3) is 6.55. The van der Waals surface area contributed by atoms with E-state index in [1.807, 2.05) is 19.1 Å². The lowest BCUT2D eigenvalue weighted by molar-refractivity contribution is -0.127. The zero-order valence-corrected chi connectivity index (χ0v) is 13.0. The van der Waals surface area contributed by atoms with Crippen molar-refractivity contribution in [2.24, 2.45) is 5.73 Å². The Morgan fingerprint density at radius 3 is 2.81 bits per heavy atom. The van der Waals surface area contributed by atoms with Gasteiger partial charge in [-0.05, 0) is 25.5 Å². The van der Waals surface area contributed by atoms with Gasteiger partial charge >= 0.3 is 0 Å². The second-order valence-electron chi connectivity index (χ2n) is 4.90. The molecule has 118 valence electrons. The molecular formula is C15H25N3O3. The number of nitrogens with one attached hydrogen (secondary N) is 1. The fourth-order valence-corrected chi connectivity index (χ4v) is 1.69. The van der Waals surface area contributed by atoms with Gasteiger partial charge in [0.25, 0.3) is 5.91 Å². The van der Waals surface area contributed by atoms with Gasteiger partial charge in [-0.1, -0.05) is 6.92 Å². The number of ether oxygens (including phenoxy) is 2. The van der Waals surface area contributed by atoms with Gasteiger partial charge in [0.2, 0.25) is 0 Å². The second-order valence-corrected chi connectivity index (χ2v) is 4.90. The van der Waals surface area contributed by atoms with E-state index in [0.717, 1.165) is 18.5 Å². The lowest BCUT2D eigenvalue weighted by atomic mass is 10.1. The number of hydrogen-bond donors (Lipinski definition) is 2. The first kappa shape index (κ1) is 17.4. The normalized spacial score (nSPS) is 13.5. The molecule has 0 aliphatic carbocycles. The summed E-state index contributed by atoms with van der Waals surface area (Å²) in [5.74, 6) is 0.391. The number of carbonyl (C=O) groups is 1. The molecule has 0 aromatic carbocycles. The van der Waals surface area contributed by atoms with E-state index >= 15 is 0 Å². The van der Waals surface area contributed by atoms with Crippen LogP contribution >= 0.6 is 0 Å². The maximum atomic E-state index is 11.7. The first-order chi connectivity index (χ1) is 10.1. The first-order valence-corrected chi connectivity index (χ1v) is 7.20. The van der Waals surface area contributed by atoms with Crippen LogP contribution in [0, 0.1) is 0 Å². The molecule has 0 saturated heterocycles. The van der Waals surface area contributed by atoms with Gasteiger partial charge in [0, 0.05) is 31.8 Å². The third-order valence-electron chi connectivity index (χ3n) is 3.08. The van der Waals surface area contributed by atoms with Crippen LogP contribution in [0.2, 0.25) is 0 Å². The fourth-order valence-electron chi connectivity index (χ4n) is 1.69. The molecule has 6 nitrogen and oxygen atoms in total. The lowest BCUT2D eigenvalue weighted by Crippen LogP contribution is -2.37. The summed E-state index contributed by atoms with van der Waals surface area (Å²) in [7, 11) is 1.59. The van der Waals surface area contributed by atoms with Gasteiger partial charge in [0.05, 0.1) is 12.8 Å². The summed E-state index contributed by atoms with van der Waals surface area (Å²) in [5, 5.41) is 2.72. The molecular weight excluding hydrogens is 270 g/mol. The molecule has 0 aliphatic rings. The summed E-state index contributed by atoms with van der Waals surface area (Å²) in [6.45, 7) is 4.69. The van der Waals surface area contributed by atoms with Crippen molar-refractivity contribution in [3.8, 4) is 5.75 Å². The van der Waals surface area contributed by atoms with Crippen molar-refractivity contribution >= 4 is 5.91 Å². The Bertz CT molecular complexity index is 423. The van der Waals surface area contributed by atoms with Crippen LogP contribution in [0.15, 0.2) is 18.3 Å². The second kappa shape index (κ2) is 9.31. The average molecular weight is 295 g/mol. The highest BCUT2D eigenvalue weighted by Gasteiger charge is 2.14. The molecule has 3 N–H and O–H groups in total. The van der Waals surface area contributed by atoms with Gasteiger partial charge in [0.1, 0.15) is 5.75 Å². The standard InChI is InChI=1S/C15H25N3O3/c1-4-12(16)9-13-5-6-14(10-18-13)21-11(2)15(19)17-7-8-20-3/h5-6,10-12H,4,7-9,16H2,1-3H3,(H,17,19). The van der Waals surface area contributed by atoms with Crippen LogP contribution in [0.25, 0.3) is 0 Å². The van der Waals surface area contributed by atoms with Gasteiger partial charge in [-0.15, -0.1) is 0 Å². The molecule has 21 heavy (non-hydrogen) atoms. The molecule has 1 aromatic rings. The molecule has 0 saturated carbocycles. The van der Waals surface area contributed by atoms with Crippen LogP contribution in [-0.4, -0.2) is 43.3 Å². The minimum atomic E-state index is -0.576. The zero-order valence-electron chi connectivity index (χ0n) is 13.0. The highest BCUT2D eigenvalue weighted by molar-refractivity contribution is 5.80. The van der Waals surface area contributed by atoms with Gasteiger partial charge in [-0.3, -0.25) is 9.78 Å². The van der Waals surface area contributed by atoms with E-state index in [4.69, 9.17) is 15.2 Å². The number of nitrogens with zero attached hydrogens (tertiary/aromatic N) is 1. The van der Waals surface area contributed by atoms with E-state index in [-0.39, 0.29) is 11.9 Å². The maximum Gasteiger partial charge on any atom is 0.260 e. The van der Waals surface area contributed by atoms with Crippen LogP contribution in [0.3, 0.4) is 0 Å². The molecule has 1 heterocycles. The molecule has 1 rings (SSSR count). The minimum Gasteiger partial charge on any atom is -0.479 e. The number of pyridine rings is 1. The largest absolute Gasteiger partial charge is 0.479 e. The number of hydrogen-bond acceptors (Lipinski definition) is 5. The molecule has 0 radical (unpaired) electrons. The van der Waals surface area contributed by atoms with E-state index in [1.165, 1.54) is 0 Å². The number of amides is 1. The number of carbonyl (C=O) groups excluding carboxylic acids is 1. The molecule has 0 bridgehead atoms. The predicted molar refractivity (Wildman–Crippen MR) is 81.2 cm³/mol. The van der Waals surface area contributed by atoms with Crippen molar-refractivity contribution in [2.45, 2.75) is 38.8 Å². The van der Waals surface area contributed by atoms with E-state index in [9.17, 15) is 4.79 Å². The lowest BCUT2D eigenvalue weighted by Gasteiger charge is -2.15. The van der Waals surface area contributed by atoms with Crippen LogP contribution in [-0.2, 0) is 16.0 Å². The topological polar surface area (TPSA) is 86.5 Å². The Kier molecular flexibility index (Phi) is 7.71. The highest BCUT2D eigenvalue weighted by Crippen LogP contribution is 2.12. The first-order valence-electron chi connectivity index (χ1n) is 7.20. The van der Waals surface area contributed by atoms with Crippen molar-refractivity contribution in [1.82, 2.24) is 10.3 Å². The zero-order chi connectivity index (χ0) is 15.7. The van der Waals surface area contributed by atoms with Gasteiger partial charge in [0.15, 0.2) is 6.10 Å². The van der Waals surface area contributed by atoms with E-state index in [0.29, 0.717) is 18.9 Å². The summed E-state index contributed by atoms with van der Waals surface area (Å²) in [6.07, 6.45) is 2.70. The maximum absolute atomic E-state index is 11.7. The predicted octanol–water partition coefficient (Wildman–Crippen LogP) is 0.891. The van der Waals surface area contributed by atoms with Gasteiger partial charge < -0.3 is 20.5 Å². The van der Waals surface area contributed by atoms with E-state index in [1.54, 1.807) is 20.2 Å². The highest BCUT2D eigenvalue weighted by atomic mass is 16.5. The molecule has 0 spiro atoms. The number of rotatable bonds is 9. The van der Waals surface area contributed by atoms with Crippen molar-refractivity contribution in [2.75, 3.05) is 20.3 Å². The molecule has 1 aromatic heterocycles. The Hall–Kier alpha value is -1.66. The number of aromatic nitrogens is 1. The summed E-state index contributed by atoms with van der Waals surface area (Å²) in [6, 6.07) is 3.80.